The molecule has 0 aliphatic heterocycles. The smallest absolute Gasteiger partial charge is 0.141 e. The Hall–Kier alpha value is -1.94. The highest BCUT2D eigenvalue weighted by Gasteiger charge is 2.11. The summed E-state index contributed by atoms with van der Waals surface area (Å²) < 4.78 is 12.8. The molecule has 0 aliphatic rings. The summed E-state index contributed by atoms with van der Waals surface area (Å²) in [5.41, 5.74) is 2.85. The van der Waals surface area contributed by atoms with Gasteiger partial charge in [-0.15, -0.1) is 0 Å². The van der Waals surface area contributed by atoms with E-state index in [1.54, 1.807) is 0 Å². The Labute approximate surface area is 118 Å². The highest BCUT2D eigenvalue weighted by Crippen LogP contribution is 2.20. The number of anilines is 1. The number of benzene rings is 1. The van der Waals surface area contributed by atoms with Gasteiger partial charge in [0, 0.05) is 19.3 Å². The molecule has 4 heteroatoms. The third-order valence-electron chi connectivity index (χ3n) is 3.36. The number of hydrogen-bond donors (Lipinski definition) is 1. The van der Waals surface area contributed by atoms with E-state index >= 15 is 0 Å². The molecular formula is C16H19FN2O. The van der Waals surface area contributed by atoms with Crippen molar-refractivity contribution >= 4 is 5.69 Å². The van der Waals surface area contributed by atoms with Gasteiger partial charge in [0.2, 0.25) is 0 Å². The number of nitrogens with zero attached hydrogens (tertiary/aromatic N) is 2. The summed E-state index contributed by atoms with van der Waals surface area (Å²) in [6.07, 6.45) is 0.995. The van der Waals surface area contributed by atoms with Gasteiger partial charge in [-0.3, -0.25) is 4.98 Å². The molecule has 0 radical (unpaired) electrons. The van der Waals surface area contributed by atoms with E-state index in [9.17, 15) is 9.50 Å². The molecule has 2 aromatic rings. The standard InChI is InChI=1S/C16H19FN2O/c1-12-5-3-4-6-15(12)19(2)10-9-16(20)14-8-7-13(17)11-18-14/h3-8,11,16,20H,9-10H2,1-2H3. The molecule has 1 N–H and O–H groups in total. The van der Waals surface area contributed by atoms with Crippen molar-refractivity contribution in [2.75, 3.05) is 18.5 Å². The van der Waals surface area contributed by atoms with E-state index in [1.165, 1.54) is 17.7 Å². The summed E-state index contributed by atoms with van der Waals surface area (Å²) in [7, 11) is 1.99. The van der Waals surface area contributed by atoms with Crippen LogP contribution in [0.25, 0.3) is 0 Å². The minimum atomic E-state index is -0.679. The van der Waals surface area contributed by atoms with Gasteiger partial charge in [0.25, 0.3) is 0 Å². The van der Waals surface area contributed by atoms with Crippen molar-refractivity contribution in [1.29, 1.82) is 0 Å². The maximum atomic E-state index is 12.8. The van der Waals surface area contributed by atoms with Crippen LogP contribution >= 0.6 is 0 Å². The van der Waals surface area contributed by atoms with Crippen molar-refractivity contribution in [3.8, 4) is 0 Å². The number of aliphatic hydroxyl groups is 1. The molecule has 0 bridgehead atoms. The van der Waals surface area contributed by atoms with Gasteiger partial charge in [0.1, 0.15) is 5.82 Å². The minimum absolute atomic E-state index is 0.391. The quantitative estimate of drug-likeness (QED) is 0.910. The third-order valence-corrected chi connectivity index (χ3v) is 3.36. The molecule has 0 saturated carbocycles. The first-order valence-corrected chi connectivity index (χ1v) is 6.64. The van der Waals surface area contributed by atoms with E-state index in [4.69, 9.17) is 0 Å². The summed E-state index contributed by atoms with van der Waals surface area (Å²) in [6, 6.07) is 11.0. The molecule has 0 fully saturated rings. The molecule has 1 aromatic heterocycles. The predicted octanol–water partition coefficient (Wildman–Crippen LogP) is 3.09. The fraction of sp³-hybridized carbons (Fsp3) is 0.312. The Bertz CT molecular complexity index is 557. The van der Waals surface area contributed by atoms with Crippen molar-refractivity contribution in [2.24, 2.45) is 0 Å². The van der Waals surface area contributed by atoms with E-state index < -0.39 is 11.9 Å². The van der Waals surface area contributed by atoms with Crippen LogP contribution in [-0.4, -0.2) is 23.7 Å². The first-order valence-electron chi connectivity index (χ1n) is 6.64. The second-order valence-corrected chi connectivity index (χ2v) is 4.91. The van der Waals surface area contributed by atoms with Crippen LogP contribution in [0, 0.1) is 12.7 Å². The molecule has 0 aliphatic carbocycles. The molecule has 0 saturated heterocycles. The second kappa shape index (κ2) is 6.48. The Morgan fingerprint density at radius 2 is 2.00 bits per heavy atom. The molecule has 0 amide bonds. The van der Waals surface area contributed by atoms with Gasteiger partial charge >= 0.3 is 0 Å². The first-order chi connectivity index (χ1) is 9.58. The fourth-order valence-corrected chi connectivity index (χ4v) is 2.16. The molecule has 106 valence electrons. The molecule has 0 spiro atoms. The molecule has 1 atom stereocenters. The maximum Gasteiger partial charge on any atom is 0.141 e. The zero-order valence-corrected chi connectivity index (χ0v) is 11.8. The number of para-hydroxylation sites is 1. The SMILES string of the molecule is Cc1ccccc1N(C)CCC(O)c1ccc(F)cn1. The largest absolute Gasteiger partial charge is 0.387 e. The van der Waals surface area contributed by atoms with Crippen LogP contribution in [0.5, 0.6) is 0 Å². The number of aryl methyl sites for hydroxylation is 1. The van der Waals surface area contributed by atoms with Gasteiger partial charge in [-0.25, -0.2) is 4.39 Å². The highest BCUT2D eigenvalue weighted by molar-refractivity contribution is 5.52. The maximum absolute atomic E-state index is 12.8. The van der Waals surface area contributed by atoms with Gasteiger partial charge < -0.3 is 10.0 Å². The number of hydrogen-bond acceptors (Lipinski definition) is 3. The van der Waals surface area contributed by atoms with Crippen LogP contribution in [0.3, 0.4) is 0 Å². The van der Waals surface area contributed by atoms with Gasteiger partial charge in [-0.05, 0) is 37.1 Å². The Morgan fingerprint density at radius 1 is 1.25 bits per heavy atom. The normalized spacial score (nSPS) is 12.2. The van der Waals surface area contributed by atoms with E-state index in [0.717, 1.165) is 11.9 Å². The van der Waals surface area contributed by atoms with Crippen molar-refractivity contribution in [1.82, 2.24) is 4.98 Å². The van der Waals surface area contributed by atoms with Crippen LogP contribution in [0.15, 0.2) is 42.6 Å². The monoisotopic (exact) mass is 274 g/mol. The average molecular weight is 274 g/mol. The lowest BCUT2D eigenvalue weighted by Gasteiger charge is -2.22. The van der Waals surface area contributed by atoms with Crippen LogP contribution in [-0.2, 0) is 0 Å². The highest BCUT2D eigenvalue weighted by atomic mass is 19.1. The zero-order valence-electron chi connectivity index (χ0n) is 11.8. The molecule has 2 rings (SSSR count). The summed E-state index contributed by atoms with van der Waals surface area (Å²) in [4.78, 5) is 6.00. The third kappa shape index (κ3) is 3.54. The number of halogens is 1. The number of rotatable bonds is 5. The van der Waals surface area contributed by atoms with Gasteiger partial charge in [-0.1, -0.05) is 18.2 Å². The lowest BCUT2D eigenvalue weighted by atomic mass is 10.1. The Morgan fingerprint density at radius 3 is 2.65 bits per heavy atom. The van der Waals surface area contributed by atoms with Gasteiger partial charge in [-0.2, -0.15) is 0 Å². The predicted molar refractivity (Wildman–Crippen MR) is 78.2 cm³/mol. The van der Waals surface area contributed by atoms with E-state index in [-0.39, 0.29) is 0 Å². The number of aliphatic hydroxyl groups excluding tert-OH is 1. The van der Waals surface area contributed by atoms with Crippen LogP contribution < -0.4 is 4.90 Å². The number of pyridine rings is 1. The Kier molecular flexibility index (Phi) is 4.69. The summed E-state index contributed by atoms with van der Waals surface area (Å²) in [6.45, 7) is 2.76. The van der Waals surface area contributed by atoms with Crippen LogP contribution in [0.4, 0.5) is 10.1 Å². The van der Waals surface area contributed by atoms with Crippen molar-refractivity contribution in [3.05, 3.63) is 59.7 Å². The van der Waals surface area contributed by atoms with Gasteiger partial charge in [0.15, 0.2) is 0 Å². The molecular weight excluding hydrogens is 255 g/mol. The summed E-state index contributed by atoms with van der Waals surface area (Å²) in [5.74, 6) is -0.391. The Balaban J connectivity index is 1.95. The lowest BCUT2D eigenvalue weighted by Crippen LogP contribution is -2.21. The first kappa shape index (κ1) is 14.5. The van der Waals surface area contributed by atoms with Crippen LogP contribution in [0.1, 0.15) is 23.8 Å². The van der Waals surface area contributed by atoms with Gasteiger partial charge in [0.05, 0.1) is 18.0 Å². The molecule has 1 unspecified atom stereocenters. The van der Waals surface area contributed by atoms with E-state index in [1.807, 2.05) is 19.2 Å². The minimum Gasteiger partial charge on any atom is -0.387 e. The van der Waals surface area contributed by atoms with Crippen molar-refractivity contribution in [3.63, 3.8) is 0 Å². The number of aromatic nitrogens is 1. The second-order valence-electron chi connectivity index (χ2n) is 4.91. The van der Waals surface area contributed by atoms with Crippen molar-refractivity contribution in [2.45, 2.75) is 19.4 Å². The van der Waals surface area contributed by atoms with Crippen LogP contribution in [0.2, 0.25) is 0 Å². The summed E-state index contributed by atoms with van der Waals surface area (Å²) >= 11 is 0. The van der Waals surface area contributed by atoms with E-state index in [0.29, 0.717) is 18.7 Å². The average Bonchev–Trinajstić information content (AvgIpc) is 2.45. The molecule has 3 nitrogen and oxygen atoms in total. The molecule has 1 heterocycles. The summed E-state index contributed by atoms with van der Waals surface area (Å²) in [5, 5.41) is 10.1. The lowest BCUT2D eigenvalue weighted by molar-refractivity contribution is 0.165. The zero-order chi connectivity index (χ0) is 14.5. The topological polar surface area (TPSA) is 36.4 Å². The van der Waals surface area contributed by atoms with Crippen molar-refractivity contribution < 1.29 is 9.50 Å². The van der Waals surface area contributed by atoms with E-state index in [2.05, 4.69) is 28.9 Å². The molecule has 1 aromatic carbocycles. The fourth-order valence-electron chi connectivity index (χ4n) is 2.16. The molecule has 20 heavy (non-hydrogen) atoms.